The van der Waals surface area contributed by atoms with Gasteiger partial charge < -0.3 is 9.88 Å². The molecule has 0 bridgehead atoms. The fourth-order valence-corrected chi connectivity index (χ4v) is 4.49. The van der Waals surface area contributed by atoms with Crippen molar-refractivity contribution in [3.05, 3.63) is 84.6 Å². The van der Waals surface area contributed by atoms with Crippen LogP contribution in [0.5, 0.6) is 0 Å². The summed E-state index contributed by atoms with van der Waals surface area (Å²) in [6.45, 7) is 1.49. The van der Waals surface area contributed by atoms with Crippen LogP contribution in [0.15, 0.2) is 73.3 Å². The van der Waals surface area contributed by atoms with E-state index in [4.69, 9.17) is 0 Å². The normalized spacial score (nSPS) is 13.6. The number of pyridine rings is 1. The Morgan fingerprint density at radius 1 is 1.00 bits per heavy atom. The quantitative estimate of drug-likeness (QED) is 0.416. The molecule has 33 heavy (non-hydrogen) atoms. The third kappa shape index (κ3) is 3.65. The highest BCUT2D eigenvalue weighted by Crippen LogP contribution is 2.37. The number of hydrogen-bond donors (Lipinski definition) is 1. The summed E-state index contributed by atoms with van der Waals surface area (Å²) in [7, 11) is 0. The summed E-state index contributed by atoms with van der Waals surface area (Å²) in [5, 5.41) is 4.18. The minimum Gasteiger partial charge on any atom is -0.350 e. The molecule has 1 saturated carbocycles. The Kier molecular flexibility index (Phi) is 4.87. The van der Waals surface area contributed by atoms with Gasteiger partial charge in [-0.2, -0.15) is 0 Å². The van der Waals surface area contributed by atoms with E-state index in [0.29, 0.717) is 24.1 Å². The Labute approximate surface area is 191 Å². The van der Waals surface area contributed by atoms with E-state index in [1.54, 1.807) is 24.7 Å². The third-order valence-electron chi connectivity index (χ3n) is 6.27. The predicted octanol–water partition coefficient (Wildman–Crippen LogP) is 4.15. The van der Waals surface area contributed by atoms with Crippen LogP contribution in [-0.2, 0) is 13.0 Å². The van der Waals surface area contributed by atoms with Crippen LogP contribution in [-0.4, -0.2) is 36.5 Å². The Balaban J connectivity index is 1.44. The van der Waals surface area contributed by atoms with Crippen molar-refractivity contribution < 1.29 is 4.79 Å². The molecule has 1 N–H and O–H groups in total. The SMILES string of the molecule is O=C(NCCc1cccnc1)c1cc2c(c3ccccc3n2CC2CC2)n1-c1ncccn1. The maximum atomic E-state index is 13.4. The van der Waals surface area contributed by atoms with Gasteiger partial charge in [-0.1, -0.05) is 24.3 Å². The molecule has 0 spiro atoms. The number of carbonyl (C=O) groups excluding carboxylic acids is 1. The Bertz CT molecular complexity index is 1430. The highest BCUT2D eigenvalue weighted by Gasteiger charge is 2.27. The first-order valence-electron chi connectivity index (χ1n) is 11.4. The number of benzene rings is 1. The molecule has 0 atom stereocenters. The van der Waals surface area contributed by atoms with E-state index in [-0.39, 0.29) is 5.91 Å². The minimum atomic E-state index is -0.135. The molecule has 7 nitrogen and oxygen atoms in total. The van der Waals surface area contributed by atoms with E-state index in [9.17, 15) is 4.79 Å². The Morgan fingerprint density at radius 2 is 1.85 bits per heavy atom. The number of nitrogens with zero attached hydrogens (tertiary/aromatic N) is 5. The Morgan fingerprint density at radius 3 is 2.64 bits per heavy atom. The summed E-state index contributed by atoms with van der Waals surface area (Å²) >= 11 is 0. The molecule has 0 aliphatic heterocycles. The van der Waals surface area contributed by atoms with Gasteiger partial charge in [0.25, 0.3) is 5.91 Å². The highest BCUT2D eigenvalue weighted by atomic mass is 16.1. The molecule has 1 fully saturated rings. The zero-order chi connectivity index (χ0) is 22.2. The van der Waals surface area contributed by atoms with E-state index in [1.807, 2.05) is 35.0 Å². The van der Waals surface area contributed by atoms with Gasteiger partial charge >= 0.3 is 0 Å². The molecule has 4 heterocycles. The number of carbonyl (C=O) groups is 1. The Hall–Kier alpha value is -4.00. The van der Waals surface area contributed by atoms with Crippen LogP contribution in [0.1, 0.15) is 28.9 Å². The first-order chi connectivity index (χ1) is 16.3. The average molecular weight is 437 g/mol. The van der Waals surface area contributed by atoms with Crippen molar-refractivity contribution in [1.29, 1.82) is 0 Å². The lowest BCUT2D eigenvalue weighted by Crippen LogP contribution is -2.28. The van der Waals surface area contributed by atoms with Gasteiger partial charge in [0.1, 0.15) is 5.69 Å². The minimum absolute atomic E-state index is 0.135. The molecule has 7 heteroatoms. The molecule has 1 amide bonds. The molecule has 1 aliphatic rings. The van der Waals surface area contributed by atoms with E-state index in [1.165, 1.54) is 18.4 Å². The van der Waals surface area contributed by atoms with Gasteiger partial charge in [0, 0.05) is 43.3 Å². The highest BCUT2D eigenvalue weighted by molar-refractivity contribution is 6.10. The standard InChI is InChI=1S/C26H24N6O/c33-25(28-14-10-18-5-3-11-27-16-18)23-15-22-24(32(23)26-29-12-4-13-30-26)20-6-1-2-7-21(20)31(22)17-19-8-9-19/h1-7,11-13,15-16,19H,8-10,14,17H2,(H,28,33). The topological polar surface area (TPSA) is 77.6 Å². The van der Waals surface area contributed by atoms with E-state index in [2.05, 4.69) is 43.0 Å². The molecule has 1 aromatic carbocycles. The smallest absolute Gasteiger partial charge is 0.268 e. The van der Waals surface area contributed by atoms with Crippen LogP contribution in [0.2, 0.25) is 0 Å². The molecule has 164 valence electrons. The number of para-hydroxylation sites is 1. The van der Waals surface area contributed by atoms with Crippen LogP contribution >= 0.6 is 0 Å². The lowest BCUT2D eigenvalue weighted by molar-refractivity contribution is 0.0947. The molecule has 5 aromatic rings. The largest absolute Gasteiger partial charge is 0.350 e. The molecule has 6 rings (SSSR count). The van der Waals surface area contributed by atoms with Gasteiger partial charge in [-0.3, -0.25) is 14.3 Å². The van der Waals surface area contributed by atoms with Crippen molar-refractivity contribution in [2.24, 2.45) is 5.92 Å². The van der Waals surface area contributed by atoms with Gasteiger partial charge in [-0.15, -0.1) is 0 Å². The predicted molar refractivity (Wildman–Crippen MR) is 127 cm³/mol. The number of aromatic nitrogens is 5. The molecule has 0 unspecified atom stereocenters. The van der Waals surface area contributed by atoms with Crippen LogP contribution in [0.4, 0.5) is 0 Å². The van der Waals surface area contributed by atoms with Gasteiger partial charge in [0.2, 0.25) is 5.95 Å². The number of fused-ring (bicyclic) bond motifs is 3. The zero-order valence-corrected chi connectivity index (χ0v) is 18.2. The van der Waals surface area contributed by atoms with E-state index < -0.39 is 0 Å². The fourth-order valence-electron chi connectivity index (χ4n) is 4.49. The van der Waals surface area contributed by atoms with E-state index >= 15 is 0 Å². The van der Waals surface area contributed by atoms with Crippen LogP contribution in [0, 0.1) is 5.92 Å². The molecule has 0 saturated heterocycles. The zero-order valence-electron chi connectivity index (χ0n) is 18.2. The van der Waals surface area contributed by atoms with E-state index in [0.717, 1.165) is 34.9 Å². The first kappa shape index (κ1) is 19.7. The van der Waals surface area contributed by atoms with Crippen LogP contribution in [0.3, 0.4) is 0 Å². The third-order valence-corrected chi connectivity index (χ3v) is 6.27. The number of rotatable bonds is 7. The number of hydrogen-bond acceptors (Lipinski definition) is 4. The van der Waals surface area contributed by atoms with Gasteiger partial charge in [0.05, 0.1) is 16.6 Å². The van der Waals surface area contributed by atoms with Gasteiger partial charge in [0.15, 0.2) is 0 Å². The van der Waals surface area contributed by atoms with Crippen molar-refractivity contribution >= 4 is 27.8 Å². The van der Waals surface area contributed by atoms with Crippen molar-refractivity contribution in [3.8, 4) is 5.95 Å². The molecular formula is C26H24N6O. The van der Waals surface area contributed by atoms with Crippen molar-refractivity contribution in [2.75, 3.05) is 6.54 Å². The molecule has 4 aromatic heterocycles. The summed E-state index contributed by atoms with van der Waals surface area (Å²) < 4.78 is 4.26. The molecular weight excluding hydrogens is 412 g/mol. The second-order valence-electron chi connectivity index (χ2n) is 8.59. The van der Waals surface area contributed by atoms with Gasteiger partial charge in [-0.05, 0) is 55.0 Å². The molecule has 1 aliphatic carbocycles. The van der Waals surface area contributed by atoms with Crippen molar-refractivity contribution in [2.45, 2.75) is 25.8 Å². The summed E-state index contributed by atoms with van der Waals surface area (Å²) in [4.78, 5) is 26.5. The summed E-state index contributed by atoms with van der Waals surface area (Å²) in [6.07, 6.45) is 10.2. The lowest BCUT2D eigenvalue weighted by atomic mass is 10.2. The van der Waals surface area contributed by atoms with Crippen LogP contribution < -0.4 is 5.32 Å². The average Bonchev–Trinajstić information content (AvgIpc) is 3.52. The maximum Gasteiger partial charge on any atom is 0.268 e. The molecule has 0 radical (unpaired) electrons. The summed E-state index contributed by atoms with van der Waals surface area (Å²) in [5.41, 5.74) is 4.85. The summed E-state index contributed by atoms with van der Waals surface area (Å²) in [5.74, 6) is 1.07. The van der Waals surface area contributed by atoms with Crippen molar-refractivity contribution in [1.82, 2.24) is 29.4 Å². The van der Waals surface area contributed by atoms with Crippen molar-refractivity contribution in [3.63, 3.8) is 0 Å². The second kappa shape index (κ2) is 8.16. The lowest BCUT2D eigenvalue weighted by Gasteiger charge is -2.10. The number of amides is 1. The fraction of sp³-hybridized carbons (Fsp3) is 0.231. The van der Waals surface area contributed by atoms with Gasteiger partial charge in [-0.25, -0.2) is 9.97 Å². The maximum absolute atomic E-state index is 13.4. The second-order valence-corrected chi connectivity index (χ2v) is 8.59. The summed E-state index contributed by atoms with van der Waals surface area (Å²) in [6, 6.07) is 16.1. The number of nitrogens with one attached hydrogen (secondary N) is 1. The monoisotopic (exact) mass is 436 g/mol. The first-order valence-corrected chi connectivity index (χ1v) is 11.4. The van der Waals surface area contributed by atoms with Crippen LogP contribution in [0.25, 0.3) is 27.9 Å².